The molecule has 126 valence electrons. The minimum atomic E-state index is 0.0942. The Morgan fingerprint density at radius 3 is 2.79 bits per heavy atom. The molecule has 1 N–H and O–H groups in total. The number of carbonyl (C=O) groups excluding carboxylic acids is 1. The van der Waals surface area contributed by atoms with E-state index in [-0.39, 0.29) is 11.4 Å². The van der Waals surface area contributed by atoms with Crippen LogP contribution in [0.1, 0.15) is 40.9 Å². The third-order valence-corrected chi connectivity index (χ3v) is 8.04. The minimum Gasteiger partial charge on any atom is -0.346 e. The van der Waals surface area contributed by atoms with E-state index in [1.54, 1.807) is 11.3 Å². The van der Waals surface area contributed by atoms with Crippen LogP contribution in [-0.4, -0.2) is 35.5 Å². The molecule has 0 radical (unpaired) electrons. The van der Waals surface area contributed by atoms with Crippen molar-refractivity contribution in [2.24, 2.45) is 5.92 Å². The van der Waals surface area contributed by atoms with Crippen molar-refractivity contribution in [1.82, 2.24) is 10.2 Å². The molecule has 24 heavy (non-hydrogen) atoms. The summed E-state index contributed by atoms with van der Waals surface area (Å²) in [6, 6.07) is 6.27. The second-order valence-corrected chi connectivity index (χ2v) is 9.04. The van der Waals surface area contributed by atoms with Gasteiger partial charge in [-0.25, -0.2) is 0 Å². The Bertz CT molecular complexity index is 833. The molecule has 6 rings (SSSR count). The number of halogens is 1. The number of aryl methyl sites for hydroxylation is 1. The summed E-state index contributed by atoms with van der Waals surface area (Å²) in [6.45, 7) is 4.46. The number of hydrogen-bond acceptors (Lipinski definition) is 3. The molecule has 1 aromatic carbocycles. The van der Waals surface area contributed by atoms with Crippen LogP contribution in [0.2, 0.25) is 5.02 Å². The summed E-state index contributed by atoms with van der Waals surface area (Å²) in [5.74, 6) is 0.753. The maximum atomic E-state index is 12.9. The number of fused-ring (bicyclic) bond motifs is 3. The van der Waals surface area contributed by atoms with Crippen LogP contribution < -0.4 is 5.32 Å². The minimum absolute atomic E-state index is 0.0942. The van der Waals surface area contributed by atoms with Crippen molar-refractivity contribution in [3.8, 4) is 0 Å². The van der Waals surface area contributed by atoms with Crippen molar-refractivity contribution < 1.29 is 4.79 Å². The van der Waals surface area contributed by atoms with Gasteiger partial charge in [-0.15, -0.1) is 11.3 Å². The highest BCUT2D eigenvalue weighted by Gasteiger charge is 2.60. The van der Waals surface area contributed by atoms with Gasteiger partial charge in [0, 0.05) is 15.3 Å². The lowest BCUT2D eigenvalue weighted by Crippen LogP contribution is -2.65. The molecule has 4 aliphatic rings. The van der Waals surface area contributed by atoms with E-state index in [2.05, 4.69) is 10.2 Å². The SMILES string of the molecule is Cc1c(Cl)ccc2cc(C(=O)N[C@H]3C4CCN(CC4)C34CC4)sc12. The van der Waals surface area contributed by atoms with Crippen LogP contribution in [0.15, 0.2) is 18.2 Å². The van der Waals surface area contributed by atoms with Crippen molar-refractivity contribution in [3.05, 3.63) is 33.7 Å². The van der Waals surface area contributed by atoms with Crippen molar-refractivity contribution in [3.63, 3.8) is 0 Å². The van der Waals surface area contributed by atoms with Crippen molar-refractivity contribution >= 4 is 38.9 Å². The number of amides is 1. The third-order valence-electron chi connectivity index (χ3n) is 6.36. The smallest absolute Gasteiger partial charge is 0.261 e. The Morgan fingerprint density at radius 1 is 1.33 bits per heavy atom. The molecule has 3 aliphatic heterocycles. The second-order valence-electron chi connectivity index (χ2n) is 7.58. The standard InChI is InChI=1S/C19H21ClN2OS/c1-11-14(20)3-2-13-10-15(24-16(11)13)18(23)21-17-12-4-8-22(9-5-12)19(17)6-7-19/h2-3,10,12,17H,4-9H2,1H3,(H,21,23)/t17-/m0/s1. The molecule has 3 saturated heterocycles. The highest BCUT2D eigenvalue weighted by Crippen LogP contribution is 2.53. The van der Waals surface area contributed by atoms with Gasteiger partial charge in [-0.1, -0.05) is 17.7 Å². The van der Waals surface area contributed by atoms with Crippen LogP contribution >= 0.6 is 22.9 Å². The first-order chi connectivity index (χ1) is 11.6. The van der Waals surface area contributed by atoms with Gasteiger partial charge in [0.1, 0.15) is 0 Å². The summed E-state index contributed by atoms with van der Waals surface area (Å²) in [4.78, 5) is 16.4. The predicted molar refractivity (Wildman–Crippen MR) is 99.1 cm³/mol. The number of rotatable bonds is 2. The second kappa shape index (κ2) is 5.20. The van der Waals surface area contributed by atoms with Crippen LogP contribution in [0, 0.1) is 12.8 Å². The average molecular weight is 361 g/mol. The Labute approximate surface area is 151 Å². The number of thiophene rings is 1. The van der Waals surface area contributed by atoms with E-state index >= 15 is 0 Å². The monoisotopic (exact) mass is 360 g/mol. The molecule has 1 saturated carbocycles. The van der Waals surface area contributed by atoms with Gasteiger partial charge < -0.3 is 5.32 Å². The lowest BCUT2D eigenvalue weighted by atomic mass is 9.77. The van der Waals surface area contributed by atoms with Crippen molar-refractivity contribution in [2.75, 3.05) is 13.1 Å². The summed E-state index contributed by atoms with van der Waals surface area (Å²) < 4.78 is 1.13. The molecule has 1 atom stereocenters. The van der Waals surface area contributed by atoms with Crippen LogP contribution in [0.25, 0.3) is 10.1 Å². The molecular formula is C19H21ClN2OS. The Morgan fingerprint density at radius 2 is 2.08 bits per heavy atom. The van der Waals surface area contributed by atoms with Gasteiger partial charge in [-0.2, -0.15) is 0 Å². The number of hydrogen-bond donors (Lipinski definition) is 1. The molecule has 0 unspecified atom stereocenters. The summed E-state index contributed by atoms with van der Waals surface area (Å²) in [6.07, 6.45) is 4.95. The number of nitrogens with zero attached hydrogens (tertiary/aromatic N) is 1. The van der Waals surface area contributed by atoms with Gasteiger partial charge >= 0.3 is 0 Å². The molecule has 2 aromatic rings. The van der Waals surface area contributed by atoms with Crippen LogP contribution in [-0.2, 0) is 0 Å². The molecule has 1 aliphatic carbocycles. The zero-order valence-electron chi connectivity index (χ0n) is 13.8. The molecule has 5 heteroatoms. The lowest BCUT2D eigenvalue weighted by Gasteiger charge is -2.52. The van der Waals surface area contributed by atoms with Crippen LogP contribution in [0.3, 0.4) is 0 Å². The molecule has 4 fully saturated rings. The van der Waals surface area contributed by atoms with Gasteiger partial charge in [0.25, 0.3) is 5.91 Å². The van der Waals surface area contributed by atoms with Gasteiger partial charge in [-0.05, 0) is 74.7 Å². The number of nitrogens with one attached hydrogen (secondary N) is 1. The number of piperidine rings is 3. The van der Waals surface area contributed by atoms with Gasteiger partial charge in [-0.3, -0.25) is 9.69 Å². The normalized spacial score (nSPS) is 30.0. The average Bonchev–Trinajstić information content (AvgIpc) is 3.24. The van der Waals surface area contributed by atoms with E-state index in [0.29, 0.717) is 12.0 Å². The first-order valence-corrected chi connectivity index (χ1v) is 10.0. The highest BCUT2D eigenvalue weighted by molar-refractivity contribution is 7.21. The van der Waals surface area contributed by atoms with E-state index < -0.39 is 0 Å². The molecule has 3 nitrogen and oxygen atoms in total. The fraction of sp³-hybridized carbons (Fsp3) is 0.526. The summed E-state index contributed by atoms with van der Waals surface area (Å²) in [5.41, 5.74) is 1.35. The largest absolute Gasteiger partial charge is 0.346 e. The van der Waals surface area contributed by atoms with Gasteiger partial charge in [0.2, 0.25) is 0 Å². The van der Waals surface area contributed by atoms with Gasteiger partial charge in [0.15, 0.2) is 0 Å². The van der Waals surface area contributed by atoms with E-state index in [1.807, 2.05) is 25.1 Å². The zero-order chi connectivity index (χ0) is 16.5. The fourth-order valence-corrected chi connectivity index (χ4v) is 6.14. The lowest BCUT2D eigenvalue weighted by molar-refractivity contribution is -0.00138. The molecule has 1 spiro atoms. The van der Waals surface area contributed by atoms with E-state index in [1.165, 1.54) is 38.8 Å². The molecule has 2 bridgehead atoms. The maximum Gasteiger partial charge on any atom is 0.261 e. The first kappa shape index (κ1) is 15.2. The summed E-state index contributed by atoms with van der Waals surface area (Å²) in [7, 11) is 0. The van der Waals surface area contributed by atoms with E-state index in [9.17, 15) is 4.79 Å². The maximum absolute atomic E-state index is 12.9. The van der Waals surface area contributed by atoms with E-state index in [0.717, 1.165) is 25.5 Å². The highest BCUT2D eigenvalue weighted by atomic mass is 35.5. The molecular weight excluding hydrogens is 340 g/mol. The Kier molecular flexibility index (Phi) is 3.29. The van der Waals surface area contributed by atoms with Gasteiger partial charge in [0.05, 0.1) is 10.9 Å². The molecule has 1 aromatic heterocycles. The number of benzene rings is 1. The first-order valence-electron chi connectivity index (χ1n) is 8.83. The number of carbonyl (C=O) groups is 1. The van der Waals surface area contributed by atoms with Crippen molar-refractivity contribution in [1.29, 1.82) is 0 Å². The van der Waals surface area contributed by atoms with E-state index in [4.69, 9.17) is 11.6 Å². The summed E-state index contributed by atoms with van der Waals surface area (Å²) >= 11 is 7.79. The van der Waals surface area contributed by atoms with Crippen LogP contribution in [0.5, 0.6) is 0 Å². The topological polar surface area (TPSA) is 32.3 Å². The zero-order valence-corrected chi connectivity index (χ0v) is 15.3. The Hall–Kier alpha value is -1.10. The Balaban J connectivity index is 1.44. The predicted octanol–water partition coefficient (Wildman–Crippen LogP) is 4.22. The molecule has 1 amide bonds. The van der Waals surface area contributed by atoms with Crippen molar-refractivity contribution in [2.45, 2.75) is 44.2 Å². The quantitative estimate of drug-likeness (QED) is 0.869. The third kappa shape index (κ3) is 2.09. The van der Waals surface area contributed by atoms with Crippen LogP contribution in [0.4, 0.5) is 0 Å². The fourth-order valence-electron chi connectivity index (χ4n) is 4.86. The molecule has 4 heterocycles. The summed E-state index contributed by atoms with van der Waals surface area (Å²) in [5, 5.41) is 5.29.